The van der Waals surface area contributed by atoms with Crippen LogP contribution >= 0.6 is 0 Å². The highest BCUT2D eigenvalue weighted by atomic mass is 16.3. The summed E-state index contributed by atoms with van der Waals surface area (Å²) < 4.78 is 0. The van der Waals surface area contributed by atoms with E-state index in [2.05, 4.69) is 15.3 Å². The van der Waals surface area contributed by atoms with E-state index in [1.807, 2.05) is 6.92 Å². The molecular weight excluding hydrogens is 220 g/mol. The van der Waals surface area contributed by atoms with Gasteiger partial charge in [-0.25, -0.2) is 14.8 Å². The van der Waals surface area contributed by atoms with Crippen molar-refractivity contribution in [3.8, 4) is 0 Å². The smallest absolute Gasteiger partial charge is 0.322 e. The number of hydrogen-bond acceptors (Lipinski definition) is 4. The lowest BCUT2D eigenvalue weighted by Gasteiger charge is -2.16. The van der Waals surface area contributed by atoms with Crippen LogP contribution in [0.25, 0.3) is 0 Å². The Kier molecular flexibility index (Phi) is 3.53. The van der Waals surface area contributed by atoms with Crippen LogP contribution in [-0.4, -0.2) is 45.2 Å². The first-order valence-corrected chi connectivity index (χ1v) is 5.74. The molecule has 0 saturated carbocycles. The van der Waals surface area contributed by atoms with Gasteiger partial charge in [-0.2, -0.15) is 0 Å². The van der Waals surface area contributed by atoms with E-state index in [4.69, 9.17) is 0 Å². The zero-order valence-electron chi connectivity index (χ0n) is 9.76. The quantitative estimate of drug-likeness (QED) is 0.789. The first kappa shape index (κ1) is 11.8. The predicted octanol–water partition coefficient (Wildman–Crippen LogP) is 0.637. The fourth-order valence-electron chi connectivity index (χ4n) is 1.73. The molecule has 2 amide bonds. The molecule has 0 bridgehead atoms. The summed E-state index contributed by atoms with van der Waals surface area (Å²) in [7, 11) is 0. The van der Waals surface area contributed by atoms with E-state index in [1.54, 1.807) is 17.3 Å². The molecule has 1 aromatic heterocycles. The summed E-state index contributed by atoms with van der Waals surface area (Å²) in [4.78, 5) is 21.5. The molecule has 92 valence electrons. The van der Waals surface area contributed by atoms with E-state index < -0.39 is 6.10 Å². The minimum Gasteiger partial charge on any atom is -0.391 e. The summed E-state index contributed by atoms with van der Waals surface area (Å²) in [6.45, 7) is 2.94. The summed E-state index contributed by atoms with van der Waals surface area (Å²) >= 11 is 0. The number of nitrogens with one attached hydrogen (secondary N) is 1. The maximum atomic E-state index is 11.8. The number of nitrogens with zero attached hydrogens (tertiary/aromatic N) is 3. The fourth-order valence-corrected chi connectivity index (χ4v) is 1.73. The zero-order valence-corrected chi connectivity index (χ0v) is 9.76. The van der Waals surface area contributed by atoms with Gasteiger partial charge in [-0.1, -0.05) is 6.92 Å². The number of likely N-dealkylation sites (tertiary alicyclic amines) is 1. The molecule has 1 aliphatic heterocycles. The summed E-state index contributed by atoms with van der Waals surface area (Å²) in [6, 6.07) is -0.214. The number of anilines is 1. The zero-order chi connectivity index (χ0) is 12.3. The Morgan fingerprint density at radius 3 is 2.82 bits per heavy atom. The fraction of sp³-hybridized carbons (Fsp3) is 0.545. The Morgan fingerprint density at radius 2 is 2.29 bits per heavy atom. The first-order valence-electron chi connectivity index (χ1n) is 5.74. The summed E-state index contributed by atoms with van der Waals surface area (Å²) in [5.74, 6) is 0.750. The van der Waals surface area contributed by atoms with Crippen LogP contribution in [0.5, 0.6) is 0 Å². The highest BCUT2D eigenvalue weighted by molar-refractivity contribution is 5.89. The minimum absolute atomic E-state index is 0.214. The summed E-state index contributed by atoms with van der Waals surface area (Å²) in [5.41, 5.74) is 0.577. The van der Waals surface area contributed by atoms with E-state index in [0.29, 0.717) is 25.2 Å². The largest absolute Gasteiger partial charge is 0.391 e. The molecule has 1 aliphatic rings. The van der Waals surface area contributed by atoms with Gasteiger partial charge < -0.3 is 15.3 Å². The van der Waals surface area contributed by atoms with Crippen LogP contribution in [0.3, 0.4) is 0 Å². The second kappa shape index (κ2) is 5.09. The number of aryl methyl sites for hydroxylation is 1. The third kappa shape index (κ3) is 2.91. The second-order valence-corrected chi connectivity index (χ2v) is 4.06. The second-order valence-electron chi connectivity index (χ2n) is 4.06. The molecule has 1 saturated heterocycles. The maximum Gasteiger partial charge on any atom is 0.322 e. The van der Waals surface area contributed by atoms with Gasteiger partial charge in [0.05, 0.1) is 24.2 Å². The number of urea groups is 1. The lowest BCUT2D eigenvalue weighted by Crippen LogP contribution is -2.33. The van der Waals surface area contributed by atoms with Crippen molar-refractivity contribution in [3.05, 3.63) is 18.2 Å². The Bertz CT molecular complexity index is 393. The van der Waals surface area contributed by atoms with Crippen LogP contribution in [0.1, 0.15) is 19.2 Å². The van der Waals surface area contributed by atoms with E-state index >= 15 is 0 Å². The van der Waals surface area contributed by atoms with Crippen LogP contribution < -0.4 is 5.32 Å². The predicted molar refractivity (Wildman–Crippen MR) is 62.6 cm³/mol. The van der Waals surface area contributed by atoms with Crippen molar-refractivity contribution in [2.24, 2.45) is 0 Å². The van der Waals surface area contributed by atoms with Crippen molar-refractivity contribution in [3.63, 3.8) is 0 Å². The molecule has 2 N–H and O–H groups in total. The molecule has 2 heterocycles. The molecular formula is C11H16N4O2. The minimum atomic E-state index is -0.403. The van der Waals surface area contributed by atoms with Gasteiger partial charge in [-0.3, -0.25) is 0 Å². The molecule has 0 spiro atoms. The normalized spacial score (nSPS) is 19.4. The number of aromatic nitrogens is 2. The lowest BCUT2D eigenvalue weighted by molar-refractivity contribution is 0.176. The number of amides is 2. The molecule has 1 aromatic rings. The Hall–Kier alpha value is -1.69. The number of aliphatic hydroxyl groups excluding tert-OH is 1. The number of β-amino-alcohol motifs (C(OH)–C–C–N with tert-alkyl or cyclic N) is 1. The van der Waals surface area contributed by atoms with Crippen LogP contribution in [-0.2, 0) is 6.42 Å². The Balaban J connectivity index is 1.93. The molecule has 0 aromatic carbocycles. The maximum absolute atomic E-state index is 11.8. The highest BCUT2D eigenvalue weighted by Gasteiger charge is 2.24. The molecule has 6 nitrogen and oxygen atoms in total. The Labute approximate surface area is 99.7 Å². The number of hydrogen-bond donors (Lipinski definition) is 2. The van der Waals surface area contributed by atoms with Crippen LogP contribution in [0.4, 0.5) is 10.5 Å². The van der Waals surface area contributed by atoms with Crippen LogP contribution in [0, 0.1) is 0 Å². The lowest BCUT2D eigenvalue weighted by atomic mass is 10.3. The van der Waals surface area contributed by atoms with E-state index in [1.165, 1.54) is 0 Å². The molecule has 1 atom stereocenters. The van der Waals surface area contributed by atoms with E-state index in [9.17, 15) is 9.90 Å². The topological polar surface area (TPSA) is 78.4 Å². The molecule has 0 aliphatic carbocycles. The van der Waals surface area contributed by atoms with Crippen molar-refractivity contribution < 1.29 is 9.90 Å². The van der Waals surface area contributed by atoms with E-state index in [0.717, 1.165) is 12.2 Å². The first-order chi connectivity index (χ1) is 8.19. The van der Waals surface area contributed by atoms with Crippen molar-refractivity contribution in [1.82, 2.24) is 14.9 Å². The van der Waals surface area contributed by atoms with Gasteiger partial charge in [0, 0.05) is 19.5 Å². The number of carbonyl (C=O) groups is 1. The van der Waals surface area contributed by atoms with Crippen LogP contribution in [0.15, 0.2) is 12.4 Å². The van der Waals surface area contributed by atoms with Crippen molar-refractivity contribution in [2.75, 3.05) is 18.4 Å². The highest BCUT2D eigenvalue weighted by Crippen LogP contribution is 2.11. The average Bonchev–Trinajstić information content (AvgIpc) is 2.77. The van der Waals surface area contributed by atoms with Gasteiger partial charge in [0.2, 0.25) is 0 Å². The van der Waals surface area contributed by atoms with Gasteiger partial charge in [-0.15, -0.1) is 0 Å². The Morgan fingerprint density at radius 1 is 1.59 bits per heavy atom. The van der Waals surface area contributed by atoms with Crippen molar-refractivity contribution in [1.29, 1.82) is 0 Å². The average molecular weight is 236 g/mol. The molecule has 0 unspecified atom stereocenters. The van der Waals surface area contributed by atoms with Gasteiger partial charge in [0.1, 0.15) is 5.82 Å². The third-order valence-corrected chi connectivity index (χ3v) is 2.72. The number of carbonyl (C=O) groups excluding carboxylic acids is 1. The van der Waals surface area contributed by atoms with Gasteiger partial charge in [0.15, 0.2) is 0 Å². The van der Waals surface area contributed by atoms with Gasteiger partial charge in [-0.05, 0) is 6.42 Å². The molecule has 17 heavy (non-hydrogen) atoms. The van der Waals surface area contributed by atoms with Gasteiger partial charge >= 0.3 is 6.03 Å². The monoisotopic (exact) mass is 236 g/mol. The molecule has 0 radical (unpaired) electrons. The summed E-state index contributed by atoms with van der Waals surface area (Å²) in [6.07, 6.45) is 4.19. The standard InChI is InChI=1S/C11H16N4O2/c1-2-10-12-5-8(6-13-10)14-11(17)15-4-3-9(16)7-15/h5-6,9,16H,2-4,7H2,1H3,(H,14,17)/t9-/m1/s1. The van der Waals surface area contributed by atoms with Crippen molar-refractivity contribution in [2.45, 2.75) is 25.9 Å². The van der Waals surface area contributed by atoms with Crippen LogP contribution in [0.2, 0.25) is 0 Å². The third-order valence-electron chi connectivity index (χ3n) is 2.72. The molecule has 2 rings (SSSR count). The molecule has 1 fully saturated rings. The number of aliphatic hydroxyl groups is 1. The SMILES string of the molecule is CCc1ncc(NC(=O)N2CC[C@@H](O)C2)cn1. The van der Waals surface area contributed by atoms with E-state index in [-0.39, 0.29) is 6.03 Å². The van der Waals surface area contributed by atoms with Crippen molar-refractivity contribution >= 4 is 11.7 Å². The summed E-state index contributed by atoms with van der Waals surface area (Å²) in [5, 5.41) is 12.0. The number of rotatable bonds is 2. The molecule has 6 heteroatoms. The van der Waals surface area contributed by atoms with Gasteiger partial charge in [0.25, 0.3) is 0 Å².